The molecule has 1 aromatic heterocycles. The highest BCUT2D eigenvalue weighted by Gasteiger charge is 2.19. The number of aryl methyl sites for hydroxylation is 1. The van der Waals surface area contributed by atoms with Crippen LogP contribution < -0.4 is 16.0 Å². The van der Waals surface area contributed by atoms with Crippen LogP contribution >= 0.6 is 11.3 Å². The number of hydrogen-bond acceptors (Lipinski definition) is 4. The molecule has 0 spiro atoms. The van der Waals surface area contributed by atoms with Gasteiger partial charge >= 0.3 is 0 Å². The van der Waals surface area contributed by atoms with Crippen LogP contribution in [-0.4, -0.2) is 25.0 Å². The summed E-state index contributed by atoms with van der Waals surface area (Å²) in [5.74, 6) is -0.0112. The highest BCUT2D eigenvalue weighted by molar-refractivity contribution is 7.13. The molecule has 1 unspecified atom stereocenters. The lowest BCUT2D eigenvalue weighted by Gasteiger charge is -2.29. The Bertz CT molecular complexity index is 995. The van der Waals surface area contributed by atoms with Crippen LogP contribution in [0.2, 0.25) is 0 Å². The maximum atomic E-state index is 13.2. The van der Waals surface area contributed by atoms with Crippen LogP contribution in [0.1, 0.15) is 47.8 Å². The lowest BCUT2D eigenvalue weighted by atomic mass is 9.99. The van der Waals surface area contributed by atoms with Crippen molar-refractivity contribution in [3.8, 4) is 10.4 Å². The lowest BCUT2D eigenvalue weighted by molar-refractivity contribution is 0.0939. The fraction of sp³-hybridized carbons (Fsp3) is 0.320. The lowest BCUT2D eigenvalue weighted by Crippen LogP contribution is -2.51. The number of carbonyl (C=O) groups excluding carboxylic acids is 1. The third-order valence-electron chi connectivity index (χ3n) is 5.57. The van der Waals surface area contributed by atoms with Crippen molar-refractivity contribution in [1.29, 1.82) is 0 Å². The van der Waals surface area contributed by atoms with Crippen LogP contribution in [0.15, 0.2) is 60.0 Å². The van der Waals surface area contributed by atoms with E-state index >= 15 is 0 Å². The molecule has 1 atom stereocenters. The summed E-state index contributed by atoms with van der Waals surface area (Å²) < 4.78 is 0. The van der Waals surface area contributed by atoms with Crippen molar-refractivity contribution in [3.05, 3.63) is 76.7 Å². The van der Waals surface area contributed by atoms with Crippen molar-refractivity contribution >= 4 is 22.9 Å². The number of carbonyl (C=O) groups is 1. The Balaban J connectivity index is 1.52. The Morgan fingerprint density at radius 1 is 1.17 bits per heavy atom. The van der Waals surface area contributed by atoms with Gasteiger partial charge in [-0.3, -0.25) is 4.79 Å². The van der Waals surface area contributed by atoms with E-state index < -0.39 is 0 Å². The number of thiophene rings is 1. The van der Waals surface area contributed by atoms with Gasteiger partial charge in [0.2, 0.25) is 0 Å². The van der Waals surface area contributed by atoms with Crippen LogP contribution in [0.5, 0.6) is 0 Å². The number of rotatable bonds is 8. The second-order valence-corrected chi connectivity index (χ2v) is 8.87. The van der Waals surface area contributed by atoms with Gasteiger partial charge in [-0.1, -0.05) is 43.7 Å². The average molecular weight is 420 g/mol. The molecule has 2 heterocycles. The number of nitrogens with one attached hydrogen (secondary N) is 3. The predicted octanol–water partition coefficient (Wildman–Crippen LogP) is 5.24. The normalized spacial score (nSPS) is 14.7. The zero-order valence-electron chi connectivity index (χ0n) is 17.6. The standard InChI is InChI=1S/C25H29N3OS/c1-3-6-18-10-11-21(28-22-15-26-16-22)14-23(18)25(29)27-17(2)19-7-4-8-20(13-19)24-9-5-12-30-24/h4-5,7-14,17,22,26,28H,3,6,15-16H2,1-2H3,(H,27,29). The van der Waals surface area contributed by atoms with Gasteiger partial charge in [-0.2, -0.15) is 0 Å². The largest absolute Gasteiger partial charge is 0.380 e. The topological polar surface area (TPSA) is 53.2 Å². The molecule has 1 saturated heterocycles. The van der Waals surface area contributed by atoms with E-state index in [0.29, 0.717) is 6.04 Å². The fourth-order valence-electron chi connectivity index (χ4n) is 3.75. The van der Waals surface area contributed by atoms with Gasteiger partial charge in [-0.25, -0.2) is 0 Å². The van der Waals surface area contributed by atoms with Crippen LogP contribution in [0.4, 0.5) is 5.69 Å². The third kappa shape index (κ3) is 4.74. The third-order valence-corrected chi connectivity index (χ3v) is 6.48. The molecule has 0 radical (unpaired) electrons. The molecule has 4 rings (SSSR count). The summed E-state index contributed by atoms with van der Waals surface area (Å²) in [6, 6.07) is 19.2. The van der Waals surface area contributed by atoms with E-state index in [9.17, 15) is 4.79 Å². The molecule has 1 fully saturated rings. The van der Waals surface area contributed by atoms with E-state index in [-0.39, 0.29) is 11.9 Å². The van der Waals surface area contributed by atoms with Crippen molar-refractivity contribution in [2.75, 3.05) is 18.4 Å². The van der Waals surface area contributed by atoms with E-state index in [1.54, 1.807) is 11.3 Å². The van der Waals surface area contributed by atoms with Crippen molar-refractivity contribution in [2.45, 2.75) is 38.8 Å². The summed E-state index contributed by atoms with van der Waals surface area (Å²) in [7, 11) is 0. The smallest absolute Gasteiger partial charge is 0.252 e. The van der Waals surface area contributed by atoms with Gasteiger partial charge in [0.1, 0.15) is 0 Å². The molecular weight excluding hydrogens is 390 g/mol. The molecule has 0 aliphatic carbocycles. The molecule has 0 saturated carbocycles. The molecule has 1 aliphatic rings. The van der Waals surface area contributed by atoms with E-state index in [1.807, 2.05) is 13.0 Å². The summed E-state index contributed by atoms with van der Waals surface area (Å²) in [6.45, 7) is 6.13. The Morgan fingerprint density at radius 2 is 2.03 bits per heavy atom. The first-order chi connectivity index (χ1) is 14.6. The first-order valence-electron chi connectivity index (χ1n) is 10.7. The van der Waals surface area contributed by atoms with Gasteiger partial charge in [0.25, 0.3) is 5.91 Å². The number of benzene rings is 2. The quantitative estimate of drug-likeness (QED) is 0.468. The molecule has 2 aromatic carbocycles. The van der Waals surface area contributed by atoms with E-state index in [4.69, 9.17) is 0 Å². The van der Waals surface area contributed by atoms with Gasteiger partial charge < -0.3 is 16.0 Å². The fourth-order valence-corrected chi connectivity index (χ4v) is 4.48. The van der Waals surface area contributed by atoms with E-state index in [1.165, 1.54) is 10.4 Å². The van der Waals surface area contributed by atoms with Gasteiger partial charge in [-0.05, 0) is 59.7 Å². The van der Waals surface area contributed by atoms with E-state index in [2.05, 4.69) is 76.8 Å². The monoisotopic (exact) mass is 419 g/mol. The first-order valence-corrected chi connectivity index (χ1v) is 11.6. The molecular formula is C25H29N3OS. The number of amides is 1. The zero-order valence-corrected chi connectivity index (χ0v) is 18.4. The zero-order chi connectivity index (χ0) is 20.9. The van der Waals surface area contributed by atoms with Crippen LogP contribution in [-0.2, 0) is 6.42 Å². The van der Waals surface area contributed by atoms with Gasteiger partial charge in [0, 0.05) is 29.2 Å². The Labute approximate surface area is 182 Å². The molecule has 4 nitrogen and oxygen atoms in total. The molecule has 0 bridgehead atoms. The minimum absolute atomic E-state index is 0.0112. The van der Waals surface area contributed by atoms with Gasteiger partial charge in [-0.15, -0.1) is 11.3 Å². The van der Waals surface area contributed by atoms with Crippen LogP contribution in [0, 0.1) is 0 Å². The SMILES string of the molecule is CCCc1ccc(NC2CNC2)cc1C(=O)NC(C)c1cccc(-c2cccs2)c1. The maximum absolute atomic E-state index is 13.2. The summed E-state index contributed by atoms with van der Waals surface area (Å²) in [4.78, 5) is 14.5. The minimum Gasteiger partial charge on any atom is -0.380 e. The highest BCUT2D eigenvalue weighted by atomic mass is 32.1. The molecule has 1 aliphatic heterocycles. The van der Waals surface area contributed by atoms with Crippen molar-refractivity contribution in [2.24, 2.45) is 0 Å². The molecule has 30 heavy (non-hydrogen) atoms. The summed E-state index contributed by atoms with van der Waals surface area (Å²) in [5, 5.41) is 12.1. The molecule has 1 amide bonds. The van der Waals surface area contributed by atoms with Crippen LogP contribution in [0.25, 0.3) is 10.4 Å². The summed E-state index contributed by atoms with van der Waals surface area (Å²) in [6.07, 6.45) is 1.91. The highest BCUT2D eigenvalue weighted by Crippen LogP contribution is 2.27. The Kier molecular flexibility index (Phi) is 6.50. The number of anilines is 1. The summed E-state index contributed by atoms with van der Waals surface area (Å²) in [5.41, 5.74) is 5.19. The average Bonchev–Trinajstić information content (AvgIpc) is 3.27. The molecule has 3 aromatic rings. The van der Waals surface area contributed by atoms with Crippen LogP contribution in [0.3, 0.4) is 0 Å². The summed E-state index contributed by atoms with van der Waals surface area (Å²) >= 11 is 1.73. The van der Waals surface area contributed by atoms with Crippen molar-refractivity contribution in [3.63, 3.8) is 0 Å². The minimum atomic E-state index is -0.0701. The van der Waals surface area contributed by atoms with Crippen molar-refractivity contribution < 1.29 is 4.79 Å². The maximum Gasteiger partial charge on any atom is 0.252 e. The Morgan fingerprint density at radius 3 is 2.73 bits per heavy atom. The molecule has 5 heteroatoms. The number of hydrogen-bond donors (Lipinski definition) is 3. The van der Waals surface area contributed by atoms with E-state index in [0.717, 1.165) is 48.3 Å². The molecule has 156 valence electrons. The molecule has 3 N–H and O–H groups in total. The first kappa shape index (κ1) is 20.6. The second-order valence-electron chi connectivity index (χ2n) is 7.92. The van der Waals surface area contributed by atoms with Gasteiger partial charge in [0.15, 0.2) is 0 Å². The Hall–Kier alpha value is -2.63. The van der Waals surface area contributed by atoms with Crippen molar-refractivity contribution in [1.82, 2.24) is 10.6 Å². The predicted molar refractivity (Wildman–Crippen MR) is 126 cm³/mol. The van der Waals surface area contributed by atoms with Gasteiger partial charge in [0.05, 0.1) is 12.1 Å². The second kappa shape index (κ2) is 9.45.